The van der Waals surface area contributed by atoms with E-state index in [9.17, 15) is 4.79 Å². The van der Waals surface area contributed by atoms with Crippen LogP contribution in [0.25, 0.3) is 5.13 Å². The number of nitrogens with zero attached hydrogens (tertiary/aromatic N) is 5. The second kappa shape index (κ2) is 7.42. The fourth-order valence-electron chi connectivity index (χ4n) is 2.06. The Morgan fingerprint density at radius 3 is 3.09 bits per heavy atom. The first-order valence-corrected chi connectivity index (χ1v) is 8.97. The molecule has 120 valence electrons. The van der Waals surface area contributed by atoms with Crippen LogP contribution in [0, 0.1) is 0 Å². The molecule has 0 fully saturated rings. The van der Waals surface area contributed by atoms with Crippen LogP contribution < -0.4 is 5.32 Å². The summed E-state index contributed by atoms with van der Waals surface area (Å²) in [4.78, 5) is 17.3. The Labute approximate surface area is 141 Å². The van der Waals surface area contributed by atoms with Crippen molar-refractivity contribution in [2.45, 2.75) is 26.2 Å². The van der Waals surface area contributed by atoms with Gasteiger partial charge in [0, 0.05) is 30.7 Å². The molecular formula is C14H16N6OS2. The van der Waals surface area contributed by atoms with Gasteiger partial charge in [0.05, 0.1) is 11.4 Å². The van der Waals surface area contributed by atoms with E-state index in [1.807, 2.05) is 17.6 Å². The average molecular weight is 348 g/mol. The number of nitrogens with one attached hydrogen (secondary N) is 1. The lowest BCUT2D eigenvalue weighted by Crippen LogP contribution is -2.26. The van der Waals surface area contributed by atoms with Crippen LogP contribution in [-0.4, -0.2) is 36.8 Å². The maximum atomic E-state index is 12.2. The number of hydrogen-bond acceptors (Lipinski definition) is 7. The molecule has 0 aromatic carbocycles. The van der Waals surface area contributed by atoms with Gasteiger partial charge >= 0.3 is 0 Å². The highest BCUT2D eigenvalue weighted by atomic mass is 32.1. The maximum Gasteiger partial charge on any atom is 0.264 e. The Bertz CT molecular complexity index is 764. The quantitative estimate of drug-likeness (QED) is 0.707. The first-order chi connectivity index (χ1) is 11.3. The van der Waals surface area contributed by atoms with Crippen LogP contribution in [0.1, 0.15) is 34.4 Å². The molecule has 0 spiro atoms. The number of hydrogen-bond donors (Lipinski definition) is 1. The van der Waals surface area contributed by atoms with E-state index in [4.69, 9.17) is 0 Å². The molecule has 0 bridgehead atoms. The van der Waals surface area contributed by atoms with E-state index in [0.717, 1.165) is 40.9 Å². The van der Waals surface area contributed by atoms with Crippen molar-refractivity contribution >= 4 is 28.8 Å². The lowest BCUT2D eigenvalue weighted by Gasteiger charge is -2.03. The minimum atomic E-state index is -0.106. The minimum Gasteiger partial charge on any atom is -0.351 e. The molecule has 0 unspecified atom stereocenters. The largest absolute Gasteiger partial charge is 0.351 e. The van der Waals surface area contributed by atoms with Crippen molar-refractivity contribution in [1.82, 2.24) is 29.7 Å². The number of carbonyl (C=O) groups is 1. The number of aryl methyl sites for hydroxylation is 1. The average Bonchev–Trinajstić information content (AvgIpc) is 3.28. The van der Waals surface area contributed by atoms with Gasteiger partial charge in [0.15, 0.2) is 0 Å². The summed E-state index contributed by atoms with van der Waals surface area (Å²) in [6.45, 7) is 2.59. The molecule has 0 radical (unpaired) electrons. The molecule has 23 heavy (non-hydrogen) atoms. The van der Waals surface area contributed by atoms with Gasteiger partial charge in [0.1, 0.15) is 4.88 Å². The monoisotopic (exact) mass is 348 g/mol. The third-order valence-electron chi connectivity index (χ3n) is 3.16. The highest BCUT2D eigenvalue weighted by molar-refractivity contribution is 7.12. The summed E-state index contributed by atoms with van der Waals surface area (Å²) in [7, 11) is 0. The van der Waals surface area contributed by atoms with Crippen molar-refractivity contribution in [2.24, 2.45) is 0 Å². The zero-order chi connectivity index (χ0) is 16.1. The summed E-state index contributed by atoms with van der Waals surface area (Å²) >= 11 is 2.68. The number of rotatable bonds is 7. The van der Waals surface area contributed by atoms with Crippen molar-refractivity contribution in [3.63, 3.8) is 0 Å². The van der Waals surface area contributed by atoms with Gasteiger partial charge in [0.25, 0.3) is 5.91 Å². The van der Waals surface area contributed by atoms with Crippen molar-refractivity contribution < 1.29 is 4.79 Å². The van der Waals surface area contributed by atoms with Crippen LogP contribution in [0.15, 0.2) is 23.8 Å². The van der Waals surface area contributed by atoms with Crippen LogP contribution in [-0.2, 0) is 12.8 Å². The van der Waals surface area contributed by atoms with Crippen molar-refractivity contribution in [2.75, 3.05) is 6.54 Å². The lowest BCUT2D eigenvalue weighted by atomic mass is 10.2. The Morgan fingerprint density at radius 1 is 1.39 bits per heavy atom. The summed E-state index contributed by atoms with van der Waals surface area (Å²) in [5, 5.41) is 13.9. The van der Waals surface area contributed by atoms with Gasteiger partial charge in [-0.1, -0.05) is 17.8 Å². The van der Waals surface area contributed by atoms with E-state index in [1.54, 1.807) is 10.9 Å². The summed E-state index contributed by atoms with van der Waals surface area (Å²) in [6, 6.07) is 1.86. The number of amides is 1. The van der Waals surface area contributed by atoms with Gasteiger partial charge in [-0.3, -0.25) is 4.79 Å². The van der Waals surface area contributed by atoms with Crippen LogP contribution in [0.3, 0.4) is 0 Å². The second-order valence-electron chi connectivity index (χ2n) is 4.88. The Balaban J connectivity index is 1.53. The van der Waals surface area contributed by atoms with Crippen molar-refractivity contribution in [3.8, 4) is 5.13 Å². The topological polar surface area (TPSA) is 85.6 Å². The molecule has 1 amide bonds. The molecule has 7 nitrogen and oxygen atoms in total. The van der Waals surface area contributed by atoms with E-state index in [-0.39, 0.29) is 5.91 Å². The molecule has 0 aliphatic carbocycles. The standard InChI is InChI=1S/C14H16N6OS2/c1-2-4-11-12(23-19-18-11)13(21)15-7-5-10-9-22-14(17-10)20-8-3-6-16-20/h3,6,8-9H,2,4-5,7H2,1H3,(H,15,21). The third kappa shape index (κ3) is 3.80. The van der Waals surface area contributed by atoms with Crippen molar-refractivity contribution in [1.29, 1.82) is 0 Å². The molecule has 0 saturated heterocycles. The molecule has 3 rings (SSSR count). The van der Waals surface area contributed by atoms with Crippen LogP contribution in [0.4, 0.5) is 0 Å². The zero-order valence-corrected chi connectivity index (χ0v) is 14.2. The number of carbonyl (C=O) groups excluding carboxylic acids is 1. The Kier molecular flexibility index (Phi) is 5.09. The van der Waals surface area contributed by atoms with Gasteiger partial charge in [-0.25, -0.2) is 9.67 Å². The molecule has 3 heterocycles. The summed E-state index contributed by atoms with van der Waals surface area (Å²) < 4.78 is 5.60. The molecule has 0 aliphatic rings. The minimum absolute atomic E-state index is 0.106. The number of thiazole rings is 1. The van der Waals surface area contributed by atoms with E-state index < -0.39 is 0 Å². The van der Waals surface area contributed by atoms with E-state index in [0.29, 0.717) is 17.8 Å². The van der Waals surface area contributed by atoms with Gasteiger partial charge < -0.3 is 5.32 Å². The molecule has 3 aromatic rings. The molecule has 0 aliphatic heterocycles. The first kappa shape index (κ1) is 15.8. The highest BCUT2D eigenvalue weighted by Gasteiger charge is 2.15. The maximum absolute atomic E-state index is 12.2. The number of aromatic nitrogens is 5. The third-order valence-corrected chi connectivity index (χ3v) is 4.80. The molecule has 9 heteroatoms. The van der Waals surface area contributed by atoms with Gasteiger partial charge in [-0.2, -0.15) is 5.10 Å². The van der Waals surface area contributed by atoms with Crippen molar-refractivity contribution in [3.05, 3.63) is 40.1 Å². The first-order valence-electron chi connectivity index (χ1n) is 7.31. The fraction of sp³-hybridized carbons (Fsp3) is 0.357. The van der Waals surface area contributed by atoms with Crippen LogP contribution in [0.5, 0.6) is 0 Å². The lowest BCUT2D eigenvalue weighted by molar-refractivity contribution is 0.0957. The second-order valence-corrected chi connectivity index (χ2v) is 6.47. The molecule has 3 aromatic heterocycles. The normalized spacial score (nSPS) is 10.8. The summed E-state index contributed by atoms with van der Waals surface area (Å²) in [5.74, 6) is -0.106. The van der Waals surface area contributed by atoms with Crippen LogP contribution >= 0.6 is 22.9 Å². The van der Waals surface area contributed by atoms with E-state index in [2.05, 4.69) is 31.9 Å². The predicted octanol–water partition coefficient (Wildman–Crippen LogP) is 2.11. The highest BCUT2D eigenvalue weighted by Crippen LogP contribution is 2.15. The smallest absolute Gasteiger partial charge is 0.264 e. The zero-order valence-electron chi connectivity index (χ0n) is 12.6. The van der Waals surface area contributed by atoms with Gasteiger partial charge in [-0.05, 0) is 24.0 Å². The van der Waals surface area contributed by atoms with E-state index >= 15 is 0 Å². The Hall–Kier alpha value is -2.13. The molecule has 0 saturated carbocycles. The van der Waals surface area contributed by atoms with E-state index in [1.165, 1.54) is 11.3 Å². The summed E-state index contributed by atoms with van der Waals surface area (Å²) in [6.07, 6.45) is 5.98. The molecule has 0 atom stereocenters. The summed E-state index contributed by atoms with van der Waals surface area (Å²) in [5.41, 5.74) is 1.72. The van der Waals surface area contributed by atoms with Gasteiger partial charge in [0.2, 0.25) is 5.13 Å². The predicted molar refractivity (Wildman–Crippen MR) is 89.2 cm³/mol. The molecular weight excluding hydrogens is 332 g/mol. The fourth-order valence-corrected chi connectivity index (χ4v) is 3.49. The van der Waals surface area contributed by atoms with Crippen LogP contribution in [0.2, 0.25) is 0 Å². The Morgan fingerprint density at radius 2 is 2.30 bits per heavy atom. The molecule has 1 N–H and O–H groups in total. The van der Waals surface area contributed by atoms with Gasteiger partial charge in [-0.15, -0.1) is 16.4 Å². The SMILES string of the molecule is CCCc1nnsc1C(=O)NCCc1csc(-n2cccn2)n1.